The molecule has 0 spiro atoms. The van der Waals surface area contributed by atoms with Crippen LogP contribution < -0.4 is 0 Å². The maximum Gasteiger partial charge on any atom is 0.164 e. The Kier molecular flexibility index (Phi) is 6.65. The molecule has 9 rings (SSSR count). The topological polar surface area (TPSA) is 38.7 Å². The molecule has 2 aromatic heterocycles. The Balaban J connectivity index is 1.23. The maximum atomic E-state index is 5.17. The Hall–Kier alpha value is -5.97. The number of rotatable bonds is 5. The third-order valence-electron chi connectivity index (χ3n) is 8.71. The molecule has 220 valence electrons. The molecule has 0 aliphatic heterocycles. The van der Waals surface area contributed by atoms with Crippen molar-refractivity contribution in [3.05, 3.63) is 164 Å². The van der Waals surface area contributed by atoms with Gasteiger partial charge < -0.3 is 0 Å². The lowest BCUT2D eigenvalue weighted by molar-refractivity contribution is 1.08. The zero-order valence-electron chi connectivity index (χ0n) is 25.3. The highest BCUT2D eigenvalue weighted by Gasteiger charge is 2.17. The van der Waals surface area contributed by atoms with Gasteiger partial charge in [-0.05, 0) is 63.4 Å². The second-order valence-electron chi connectivity index (χ2n) is 11.7. The number of hydrogen-bond donors (Lipinski definition) is 0. The van der Waals surface area contributed by atoms with E-state index in [1.807, 2.05) is 12.1 Å². The molecule has 0 atom stereocenters. The molecule has 0 saturated carbocycles. The van der Waals surface area contributed by atoms with Gasteiger partial charge in [0.1, 0.15) is 0 Å². The van der Waals surface area contributed by atoms with Gasteiger partial charge >= 0.3 is 0 Å². The molecular weight excluding hydrogens is 591 g/mol. The van der Waals surface area contributed by atoms with Crippen LogP contribution in [0.3, 0.4) is 0 Å². The summed E-state index contributed by atoms with van der Waals surface area (Å²) in [6.45, 7) is 0. The monoisotopic (exact) mass is 617 g/mol. The highest BCUT2D eigenvalue weighted by molar-refractivity contribution is 7.25. The van der Waals surface area contributed by atoms with E-state index in [1.54, 1.807) is 11.3 Å². The van der Waals surface area contributed by atoms with Crippen LogP contribution in [0.5, 0.6) is 0 Å². The van der Waals surface area contributed by atoms with Gasteiger partial charge in [-0.25, -0.2) is 15.0 Å². The van der Waals surface area contributed by atoms with Crippen molar-refractivity contribution in [2.24, 2.45) is 0 Å². The fourth-order valence-electron chi connectivity index (χ4n) is 6.38. The van der Waals surface area contributed by atoms with Gasteiger partial charge in [0.2, 0.25) is 0 Å². The second kappa shape index (κ2) is 11.4. The third-order valence-corrected chi connectivity index (χ3v) is 9.85. The van der Waals surface area contributed by atoms with Crippen LogP contribution in [-0.4, -0.2) is 15.0 Å². The van der Waals surface area contributed by atoms with E-state index in [9.17, 15) is 0 Å². The molecular formula is C43H27N3S. The number of hydrogen-bond acceptors (Lipinski definition) is 4. The molecule has 9 aromatic rings. The minimum absolute atomic E-state index is 0.652. The summed E-state index contributed by atoms with van der Waals surface area (Å²) in [5.74, 6) is 1.98. The largest absolute Gasteiger partial charge is 0.208 e. The molecule has 2 heterocycles. The van der Waals surface area contributed by atoms with Crippen LogP contribution >= 0.6 is 11.3 Å². The van der Waals surface area contributed by atoms with Crippen LogP contribution in [0, 0.1) is 0 Å². The molecule has 7 aromatic carbocycles. The standard InChI is InChI=1S/C43H27N3S/c1-3-11-28(12-4-1)30-15-9-16-34(26-30)41-44-42(35-24-23-32-25-31(21-22-33(32)27-35)29-13-5-2-6-14-29)46-43(45-41)37-18-10-20-39-40(37)36-17-7-8-19-38(36)47-39/h1-27H. The van der Waals surface area contributed by atoms with Gasteiger partial charge in [-0.15, -0.1) is 11.3 Å². The molecule has 0 radical (unpaired) electrons. The molecule has 0 amide bonds. The lowest BCUT2D eigenvalue weighted by Gasteiger charge is -2.11. The van der Waals surface area contributed by atoms with Gasteiger partial charge in [0.25, 0.3) is 0 Å². The highest BCUT2D eigenvalue weighted by Crippen LogP contribution is 2.40. The van der Waals surface area contributed by atoms with Crippen LogP contribution in [0.25, 0.3) is 87.4 Å². The number of aromatic nitrogens is 3. The number of nitrogens with zero attached hydrogens (tertiary/aromatic N) is 3. The van der Waals surface area contributed by atoms with Crippen molar-refractivity contribution in [2.45, 2.75) is 0 Å². The fraction of sp³-hybridized carbons (Fsp3) is 0. The molecule has 0 saturated heterocycles. The summed E-state index contributed by atoms with van der Waals surface area (Å²) in [6, 6.07) is 57.5. The van der Waals surface area contributed by atoms with E-state index < -0.39 is 0 Å². The van der Waals surface area contributed by atoms with Crippen molar-refractivity contribution >= 4 is 42.3 Å². The van der Waals surface area contributed by atoms with E-state index in [2.05, 4.69) is 152 Å². The van der Waals surface area contributed by atoms with Crippen LogP contribution in [0.15, 0.2) is 164 Å². The summed E-state index contributed by atoms with van der Waals surface area (Å²) in [5.41, 5.74) is 7.60. The summed E-state index contributed by atoms with van der Waals surface area (Å²) < 4.78 is 2.47. The number of benzene rings is 7. The van der Waals surface area contributed by atoms with E-state index in [-0.39, 0.29) is 0 Å². The molecule has 0 aliphatic rings. The van der Waals surface area contributed by atoms with E-state index in [1.165, 1.54) is 36.7 Å². The zero-order chi connectivity index (χ0) is 31.2. The first kappa shape index (κ1) is 27.3. The SMILES string of the molecule is c1ccc(-c2cccc(-c3nc(-c4ccc5cc(-c6ccccc6)ccc5c4)nc(-c4cccc5sc6ccccc6c45)n3)c2)cc1. The Morgan fingerprint density at radius 1 is 0.340 bits per heavy atom. The number of thiophene rings is 1. The quantitative estimate of drug-likeness (QED) is 0.193. The van der Waals surface area contributed by atoms with Crippen LogP contribution in [0.2, 0.25) is 0 Å². The molecule has 4 heteroatoms. The van der Waals surface area contributed by atoms with Crippen molar-refractivity contribution in [1.29, 1.82) is 0 Å². The molecule has 47 heavy (non-hydrogen) atoms. The fourth-order valence-corrected chi connectivity index (χ4v) is 7.51. The molecule has 3 nitrogen and oxygen atoms in total. The molecule has 0 unspecified atom stereocenters. The van der Waals surface area contributed by atoms with Crippen molar-refractivity contribution in [3.63, 3.8) is 0 Å². The zero-order valence-corrected chi connectivity index (χ0v) is 26.2. The average molecular weight is 618 g/mol. The average Bonchev–Trinajstić information content (AvgIpc) is 3.54. The van der Waals surface area contributed by atoms with Gasteiger partial charge in [0.15, 0.2) is 17.5 Å². The lowest BCUT2D eigenvalue weighted by atomic mass is 9.99. The Morgan fingerprint density at radius 3 is 1.60 bits per heavy atom. The Morgan fingerprint density at radius 2 is 0.851 bits per heavy atom. The van der Waals surface area contributed by atoms with E-state index in [4.69, 9.17) is 15.0 Å². The van der Waals surface area contributed by atoms with Crippen LogP contribution in [0.4, 0.5) is 0 Å². The van der Waals surface area contributed by atoms with Gasteiger partial charge in [-0.3, -0.25) is 0 Å². The van der Waals surface area contributed by atoms with Crippen LogP contribution in [0.1, 0.15) is 0 Å². The first-order valence-corrected chi connectivity index (χ1v) is 16.5. The predicted octanol–water partition coefficient (Wildman–Crippen LogP) is 11.7. The predicted molar refractivity (Wildman–Crippen MR) is 197 cm³/mol. The summed E-state index contributed by atoms with van der Waals surface area (Å²) >= 11 is 1.80. The van der Waals surface area contributed by atoms with Gasteiger partial charge in [-0.1, -0.05) is 133 Å². The van der Waals surface area contributed by atoms with E-state index in [0.29, 0.717) is 17.5 Å². The maximum absolute atomic E-state index is 5.17. The van der Waals surface area contributed by atoms with Gasteiger partial charge in [0, 0.05) is 36.9 Å². The summed E-state index contributed by atoms with van der Waals surface area (Å²) in [4.78, 5) is 15.4. The van der Waals surface area contributed by atoms with E-state index >= 15 is 0 Å². The first-order valence-electron chi connectivity index (χ1n) is 15.7. The molecule has 0 bridgehead atoms. The smallest absolute Gasteiger partial charge is 0.164 e. The van der Waals surface area contributed by atoms with Crippen molar-refractivity contribution in [3.8, 4) is 56.4 Å². The van der Waals surface area contributed by atoms with Crippen LogP contribution in [-0.2, 0) is 0 Å². The Labute approximate surface area is 276 Å². The molecule has 0 N–H and O–H groups in total. The number of fused-ring (bicyclic) bond motifs is 4. The molecule has 0 aliphatic carbocycles. The third kappa shape index (κ3) is 5.05. The Bertz CT molecular complexity index is 2570. The molecule has 0 fully saturated rings. The van der Waals surface area contributed by atoms with Crippen molar-refractivity contribution in [1.82, 2.24) is 15.0 Å². The second-order valence-corrected chi connectivity index (χ2v) is 12.8. The summed E-state index contributed by atoms with van der Waals surface area (Å²) in [6.07, 6.45) is 0. The van der Waals surface area contributed by atoms with E-state index in [0.717, 1.165) is 33.2 Å². The normalized spacial score (nSPS) is 11.4. The minimum Gasteiger partial charge on any atom is -0.208 e. The van der Waals surface area contributed by atoms with Crippen molar-refractivity contribution < 1.29 is 0 Å². The van der Waals surface area contributed by atoms with Gasteiger partial charge in [0.05, 0.1) is 0 Å². The lowest BCUT2D eigenvalue weighted by Crippen LogP contribution is -2.00. The first-order chi connectivity index (χ1) is 23.3. The minimum atomic E-state index is 0.652. The summed E-state index contributed by atoms with van der Waals surface area (Å²) in [5, 5.41) is 4.72. The summed E-state index contributed by atoms with van der Waals surface area (Å²) in [7, 11) is 0. The van der Waals surface area contributed by atoms with Gasteiger partial charge in [-0.2, -0.15) is 0 Å². The van der Waals surface area contributed by atoms with Crippen molar-refractivity contribution in [2.75, 3.05) is 0 Å². The highest BCUT2D eigenvalue weighted by atomic mass is 32.1.